The Bertz CT molecular complexity index is 815. The number of rotatable bonds is 8. The van der Waals surface area contributed by atoms with Crippen LogP contribution in [0.1, 0.15) is 31.0 Å². The van der Waals surface area contributed by atoms with E-state index in [2.05, 4.69) is 34.8 Å². The van der Waals surface area contributed by atoms with Crippen LogP contribution >= 0.6 is 23.1 Å². The molecule has 0 aliphatic carbocycles. The summed E-state index contributed by atoms with van der Waals surface area (Å²) in [6.07, 6.45) is 2.22. The van der Waals surface area contributed by atoms with Crippen molar-refractivity contribution in [1.82, 2.24) is 25.2 Å². The summed E-state index contributed by atoms with van der Waals surface area (Å²) in [5.41, 5.74) is 1.90. The second kappa shape index (κ2) is 8.44. The maximum atomic E-state index is 5.40. The molecule has 1 aromatic carbocycles. The zero-order chi connectivity index (χ0) is 17.6. The zero-order valence-corrected chi connectivity index (χ0v) is 16.2. The minimum absolute atomic E-state index is 0.701. The van der Waals surface area contributed by atoms with Crippen molar-refractivity contribution in [2.75, 3.05) is 7.11 Å². The molecule has 0 saturated carbocycles. The number of methoxy groups -OCH3 is 1. The van der Waals surface area contributed by atoms with Gasteiger partial charge in [0.05, 0.1) is 17.8 Å². The van der Waals surface area contributed by atoms with Crippen molar-refractivity contribution in [2.24, 2.45) is 5.92 Å². The van der Waals surface area contributed by atoms with Crippen LogP contribution in [-0.4, -0.2) is 32.3 Å². The number of aromatic nitrogens is 5. The highest BCUT2D eigenvalue weighted by Gasteiger charge is 2.14. The van der Waals surface area contributed by atoms with E-state index in [9.17, 15) is 0 Å². The van der Waals surface area contributed by atoms with E-state index < -0.39 is 0 Å². The SMILES string of the molecule is COc1ccccc1-n1nnnc1SCc1csc(CCC(C)C)n1. The van der Waals surface area contributed by atoms with Crippen molar-refractivity contribution in [2.45, 2.75) is 37.6 Å². The Balaban J connectivity index is 1.68. The third-order valence-corrected chi connectivity index (χ3v) is 5.55. The van der Waals surface area contributed by atoms with Gasteiger partial charge in [0.25, 0.3) is 0 Å². The summed E-state index contributed by atoms with van der Waals surface area (Å²) in [5.74, 6) is 2.18. The van der Waals surface area contributed by atoms with Gasteiger partial charge in [-0.05, 0) is 41.3 Å². The molecule has 3 rings (SSSR count). The number of hydrogen-bond acceptors (Lipinski definition) is 7. The van der Waals surface area contributed by atoms with Crippen LogP contribution in [0.2, 0.25) is 0 Å². The third-order valence-electron chi connectivity index (χ3n) is 3.64. The molecule has 25 heavy (non-hydrogen) atoms. The van der Waals surface area contributed by atoms with Crippen LogP contribution in [-0.2, 0) is 12.2 Å². The van der Waals surface area contributed by atoms with Crippen molar-refractivity contribution in [3.8, 4) is 11.4 Å². The van der Waals surface area contributed by atoms with Crippen LogP contribution < -0.4 is 4.74 Å². The fourth-order valence-corrected chi connectivity index (χ4v) is 4.00. The largest absolute Gasteiger partial charge is 0.494 e. The number of benzene rings is 1. The van der Waals surface area contributed by atoms with Gasteiger partial charge in [-0.1, -0.05) is 37.7 Å². The zero-order valence-electron chi connectivity index (χ0n) is 14.5. The van der Waals surface area contributed by atoms with Crippen LogP contribution in [0.3, 0.4) is 0 Å². The van der Waals surface area contributed by atoms with Gasteiger partial charge in [-0.15, -0.1) is 16.4 Å². The molecular formula is C17H21N5OS2. The van der Waals surface area contributed by atoms with Gasteiger partial charge in [-0.2, -0.15) is 4.68 Å². The summed E-state index contributed by atoms with van der Waals surface area (Å²) in [6, 6.07) is 7.70. The molecule has 6 nitrogen and oxygen atoms in total. The third kappa shape index (κ3) is 4.58. The topological polar surface area (TPSA) is 65.7 Å². The minimum Gasteiger partial charge on any atom is -0.494 e. The molecule has 0 aliphatic heterocycles. The number of ether oxygens (including phenoxy) is 1. The molecule has 2 heterocycles. The van der Waals surface area contributed by atoms with Gasteiger partial charge in [0, 0.05) is 11.1 Å². The lowest BCUT2D eigenvalue weighted by Crippen LogP contribution is -2.01. The van der Waals surface area contributed by atoms with Gasteiger partial charge >= 0.3 is 0 Å². The molecule has 0 saturated heterocycles. The first-order valence-electron chi connectivity index (χ1n) is 8.15. The monoisotopic (exact) mass is 375 g/mol. The Morgan fingerprint density at radius 2 is 2.12 bits per heavy atom. The number of nitrogens with zero attached hydrogens (tertiary/aromatic N) is 5. The quantitative estimate of drug-likeness (QED) is 0.554. The molecule has 2 aromatic heterocycles. The first kappa shape index (κ1) is 17.9. The van der Waals surface area contributed by atoms with Crippen LogP contribution in [0, 0.1) is 5.92 Å². The highest BCUT2D eigenvalue weighted by molar-refractivity contribution is 7.98. The summed E-state index contributed by atoms with van der Waals surface area (Å²) in [7, 11) is 1.64. The van der Waals surface area contributed by atoms with E-state index in [0.29, 0.717) is 5.92 Å². The Morgan fingerprint density at radius 3 is 2.92 bits per heavy atom. The maximum absolute atomic E-state index is 5.40. The summed E-state index contributed by atoms with van der Waals surface area (Å²) in [4.78, 5) is 4.71. The van der Waals surface area contributed by atoms with Gasteiger partial charge in [0.2, 0.25) is 5.16 Å². The number of tetrazole rings is 1. The minimum atomic E-state index is 0.701. The molecular weight excluding hydrogens is 354 g/mol. The molecule has 0 atom stereocenters. The number of thiazole rings is 1. The normalized spacial score (nSPS) is 11.2. The lowest BCUT2D eigenvalue weighted by molar-refractivity contribution is 0.410. The fraction of sp³-hybridized carbons (Fsp3) is 0.412. The molecule has 0 radical (unpaired) electrons. The molecule has 0 fully saturated rings. The first-order valence-corrected chi connectivity index (χ1v) is 10.0. The van der Waals surface area contributed by atoms with Gasteiger partial charge in [0.15, 0.2) is 0 Å². The molecule has 132 valence electrons. The van der Waals surface area contributed by atoms with Gasteiger partial charge in [-0.3, -0.25) is 0 Å². The number of hydrogen-bond donors (Lipinski definition) is 0. The summed E-state index contributed by atoms with van der Waals surface area (Å²) in [5, 5.41) is 16.1. The van der Waals surface area contributed by atoms with Crippen molar-refractivity contribution in [1.29, 1.82) is 0 Å². The predicted octanol–water partition coefficient (Wildman–Crippen LogP) is 4.01. The second-order valence-corrected chi connectivity index (χ2v) is 7.88. The molecule has 0 unspecified atom stereocenters. The fourth-order valence-electron chi connectivity index (χ4n) is 2.31. The number of aryl methyl sites for hydroxylation is 1. The highest BCUT2D eigenvalue weighted by Crippen LogP contribution is 2.27. The van der Waals surface area contributed by atoms with Gasteiger partial charge in [-0.25, -0.2) is 4.98 Å². The van der Waals surface area contributed by atoms with E-state index in [-0.39, 0.29) is 0 Å². The standard InChI is InChI=1S/C17H21N5OS2/c1-12(2)8-9-16-18-13(10-24-16)11-25-17-19-20-21-22(17)14-6-4-5-7-15(14)23-3/h4-7,10,12H,8-9,11H2,1-3H3. The van der Waals surface area contributed by atoms with E-state index >= 15 is 0 Å². The Morgan fingerprint density at radius 1 is 1.28 bits per heavy atom. The maximum Gasteiger partial charge on any atom is 0.214 e. The molecule has 0 bridgehead atoms. The summed E-state index contributed by atoms with van der Waals surface area (Å²) in [6.45, 7) is 4.48. The summed E-state index contributed by atoms with van der Waals surface area (Å²) >= 11 is 3.31. The molecule has 8 heteroatoms. The van der Waals surface area contributed by atoms with Crippen molar-refractivity contribution in [3.63, 3.8) is 0 Å². The Hall–Kier alpha value is -1.93. The lowest BCUT2D eigenvalue weighted by atomic mass is 10.1. The van der Waals surface area contributed by atoms with Gasteiger partial charge < -0.3 is 4.74 Å². The highest BCUT2D eigenvalue weighted by atomic mass is 32.2. The average Bonchev–Trinajstić information content (AvgIpc) is 3.27. The van der Waals surface area contributed by atoms with E-state index in [1.165, 1.54) is 11.4 Å². The smallest absolute Gasteiger partial charge is 0.214 e. The molecule has 0 N–H and O–H groups in total. The molecule has 3 aromatic rings. The van der Waals surface area contributed by atoms with Crippen molar-refractivity contribution < 1.29 is 4.74 Å². The Labute approximate surface area is 155 Å². The molecule has 0 amide bonds. The number of para-hydroxylation sites is 2. The van der Waals surface area contributed by atoms with E-state index in [0.717, 1.165) is 34.5 Å². The van der Waals surface area contributed by atoms with Crippen LogP contribution in [0.15, 0.2) is 34.8 Å². The van der Waals surface area contributed by atoms with E-state index in [4.69, 9.17) is 9.72 Å². The number of thioether (sulfide) groups is 1. The van der Waals surface area contributed by atoms with Gasteiger partial charge in [0.1, 0.15) is 11.4 Å². The van der Waals surface area contributed by atoms with E-state index in [1.807, 2.05) is 24.3 Å². The second-order valence-electron chi connectivity index (χ2n) is 6.00. The summed E-state index contributed by atoms with van der Waals surface area (Å²) < 4.78 is 7.10. The predicted molar refractivity (Wildman–Crippen MR) is 101 cm³/mol. The molecule has 0 spiro atoms. The molecule has 0 aliphatic rings. The van der Waals surface area contributed by atoms with Crippen molar-refractivity contribution >= 4 is 23.1 Å². The Kier molecular flexibility index (Phi) is 6.04. The average molecular weight is 376 g/mol. The lowest BCUT2D eigenvalue weighted by Gasteiger charge is -2.08. The van der Waals surface area contributed by atoms with Crippen LogP contribution in [0.25, 0.3) is 5.69 Å². The van der Waals surface area contributed by atoms with Crippen molar-refractivity contribution in [3.05, 3.63) is 40.3 Å². The van der Waals surface area contributed by atoms with Crippen LogP contribution in [0.4, 0.5) is 0 Å². The first-order chi connectivity index (χ1) is 12.2. The van der Waals surface area contributed by atoms with E-state index in [1.54, 1.807) is 34.9 Å². The van der Waals surface area contributed by atoms with Crippen LogP contribution in [0.5, 0.6) is 5.75 Å².